The predicted octanol–water partition coefficient (Wildman–Crippen LogP) is 4.44. The standard InChI is InChI=1S/C12H19OPS2/c1-5-14(16)13-12(4)7-6-10(9(2)3)8-11(12)15/h5,10-11H,1-2,6-8H2,3-4H3/p+1/t10-,11+,12+/m1/s1. The molecule has 4 heteroatoms. The van der Waals surface area contributed by atoms with Crippen molar-refractivity contribution >= 4 is 31.4 Å². The minimum absolute atomic E-state index is 0.198. The maximum atomic E-state index is 5.92. The number of rotatable bonds is 4. The third-order valence-electron chi connectivity index (χ3n) is 3.35. The predicted molar refractivity (Wildman–Crippen MR) is 78.9 cm³/mol. The van der Waals surface area contributed by atoms with Crippen LogP contribution >= 0.6 is 19.6 Å². The number of hydrogen-bond donors (Lipinski definition) is 1. The molecule has 0 aliphatic heterocycles. The van der Waals surface area contributed by atoms with Crippen molar-refractivity contribution in [1.82, 2.24) is 0 Å². The highest BCUT2D eigenvalue weighted by Crippen LogP contribution is 2.45. The van der Waals surface area contributed by atoms with Gasteiger partial charge in [-0.05, 0) is 39.0 Å². The Kier molecular flexibility index (Phi) is 5.18. The van der Waals surface area contributed by atoms with Crippen molar-refractivity contribution in [2.45, 2.75) is 44.0 Å². The minimum Gasteiger partial charge on any atom is -0.173 e. The molecule has 0 aromatic rings. The SMILES string of the molecule is C=C[P+](=S)O[C@@]1(C)CC[C@@H](C(=C)C)C[C@@H]1S. The van der Waals surface area contributed by atoms with Gasteiger partial charge >= 0.3 is 6.92 Å². The van der Waals surface area contributed by atoms with E-state index in [1.807, 2.05) is 0 Å². The Morgan fingerprint density at radius 2 is 2.31 bits per heavy atom. The summed E-state index contributed by atoms with van der Waals surface area (Å²) in [5.41, 5.74) is 1.06. The van der Waals surface area contributed by atoms with Crippen LogP contribution in [-0.2, 0) is 16.3 Å². The molecule has 1 fully saturated rings. The molecule has 0 N–H and O–H groups in total. The maximum absolute atomic E-state index is 5.92. The van der Waals surface area contributed by atoms with Gasteiger partial charge in [0.25, 0.3) is 0 Å². The largest absolute Gasteiger partial charge is 0.369 e. The van der Waals surface area contributed by atoms with E-state index in [9.17, 15) is 0 Å². The average molecular weight is 275 g/mol. The van der Waals surface area contributed by atoms with Crippen LogP contribution in [0.2, 0.25) is 0 Å². The molecule has 1 rings (SSSR count). The van der Waals surface area contributed by atoms with Gasteiger partial charge in [0.05, 0.1) is 0 Å². The second kappa shape index (κ2) is 5.77. The fourth-order valence-electron chi connectivity index (χ4n) is 2.06. The molecule has 1 aliphatic carbocycles. The van der Waals surface area contributed by atoms with E-state index in [4.69, 9.17) is 16.3 Å². The number of thiol groups is 1. The van der Waals surface area contributed by atoms with Gasteiger partial charge in [-0.15, -0.1) is 0 Å². The summed E-state index contributed by atoms with van der Waals surface area (Å²) in [6, 6.07) is 0. The van der Waals surface area contributed by atoms with Crippen LogP contribution in [0.3, 0.4) is 0 Å². The zero-order chi connectivity index (χ0) is 12.3. The molecule has 1 unspecified atom stereocenters. The minimum atomic E-state index is -0.930. The fourth-order valence-corrected chi connectivity index (χ4v) is 3.80. The van der Waals surface area contributed by atoms with Crippen molar-refractivity contribution in [3.63, 3.8) is 0 Å². The molecule has 90 valence electrons. The van der Waals surface area contributed by atoms with Gasteiger partial charge in [0, 0.05) is 5.25 Å². The van der Waals surface area contributed by atoms with Crippen molar-refractivity contribution in [1.29, 1.82) is 0 Å². The van der Waals surface area contributed by atoms with E-state index in [0.29, 0.717) is 5.92 Å². The second-order valence-electron chi connectivity index (χ2n) is 4.71. The Labute approximate surface area is 110 Å². The topological polar surface area (TPSA) is 9.23 Å². The van der Waals surface area contributed by atoms with Crippen LogP contribution in [0.15, 0.2) is 24.5 Å². The highest BCUT2D eigenvalue weighted by atomic mass is 32.4. The van der Waals surface area contributed by atoms with Crippen LogP contribution in [-0.4, -0.2) is 10.9 Å². The first-order chi connectivity index (χ1) is 7.39. The second-order valence-corrected chi connectivity index (χ2v) is 7.53. The molecule has 0 bridgehead atoms. The Balaban J connectivity index is 2.67. The summed E-state index contributed by atoms with van der Waals surface area (Å²) >= 11 is 9.87. The molecule has 0 saturated heterocycles. The lowest BCUT2D eigenvalue weighted by Crippen LogP contribution is -2.42. The van der Waals surface area contributed by atoms with Crippen molar-refractivity contribution in [3.8, 4) is 0 Å². The summed E-state index contributed by atoms with van der Waals surface area (Å²) in [5, 5.41) is 0.232. The summed E-state index contributed by atoms with van der Waals surface area (Å²) in [4.78, 5) is 0. The average Bonchev–Trinajstić information content (AvgIpc) is 2.21. The fraction of sp³-hybridized carbons (Fsp3) is 0.667. The maximum Gasteiger partial charge on any atom is 0.369 e. The third-order valence-corrected chi connectivity index (χ3v) is 5.67. The van der Waals surface area contributed by atoms with Gasteiger partial charge in [-0.25, -0.2) is 0 Å². The van der Waals surface area contributed by atoms with Gasteiger partial charge in [0.15, 0.2) is 5.82 Å². The molecular weight excluding hydrogens is 255 g/mol. The summed E-state index contributed by atoms with van der Waals surface area (Å²) in [5.74, 6) is 2.31. The molecule has 1 nitrogen and oxygen atoms in total. The van der Waals surface area contributed by atoms with E-state index in [-0.39, 0.29) is 10.9 Å². The van der Waals surface area contributed by atoms with Gasteiger partial charge < -0.3 is 0 Å². The lowest BCUT2D eigenvalue weighted by molar-refractivity contribution is 0.0625. The molecule has 0 aromatic heterocycles. The van der Waals surface area contributed by atoms with Crippen LogP contribution in [0.1, 0.15) is 33.1 Å². The van der Waals surface area contributed by atoms with Crippen LogP contribution in [0.5, 0.6) is 0 Å². The molecular formula is C12H20OPS2+. The molecule has 0 spiro atoms. The van der Waals surface area contributed by atoms with Crippen LogP contribution < -0.4 is 0 Å². The molecule has 0 aromatic carbocycles. The molecule has 0 heterocycles. The monoisotopic (exact) mass is 275 g/mol. The van der Waals surface area contributed by atoms with E-state index in [1.54, 1.807) is 5.82 Å². The lowest BCUT2D eigenvalue weighted by atomic mass is 9.77. The molecule has 0 amide bonds. The summed E-state index contributed by atoms with van der Waals surface area (Å²) in [6.45, 7) is 11.0. The first-order valence-electron chi connectivity index (χ1n) is 5.50. The van der Waals surface area contributed by atoms with E-state index in [0.717, 1.165) is 19.3 Å². The van der Waals surface area contributed by atoms with E-state index in [1.165, 1.54) is 5.57 Å². The van der Waals surface area contributed by atoms with Crippen LogP contribution in [0.4, 0.5) is 0 Å². The van der Waals surface area contributed by atoms with Crippen molar-refractivity contribution in [3.05, 3.63) is 24.5 Å². The zero-order valence-electron chi connectivity index (χ0n) is 9.98. The molecule has 1 saturated carbocycles. The number of hydrogen-bond acceptors (Lipinski definition) is 3. The molecule has 0 radical (unpaired) electrons. The van der Waals surface area contributed by atoms with Crippen molar-refractivity contribution in [2.75, 3.05) is 0 Å². The molecule has 16 heavy (non-hydrogen) atoms. The first kappa shape index (κ1) is 14.4. The van der Waals surface area contributed by atoms with E-state index < -0.39 is 6.92 Å². The summed E-state index contributed by atoms with van der Waals surface area (Å²) < 4.78 is 5.92. The third kappa shape index (κ3) is 3.40. The lowest BCUT2D eigenvalue weighted by Gasteiger charge is -2.38. The van der Waals surface area contributed by atoms with E-state index >= 15 is 0 Å². The Morgan fingerprint density at radius 3 is 2.75 bits per heavy atom. The zero-order valence-corrected chi connectivity index (χ0v) is 12.6. The van der Waals surface area contributed by atoms with Crippen LogP contribution in [0.25, 0.3) is 0 Å². The van der Waals surface area contributed by atoms with E-state index in [2.05, 4.69) is 39.6 Å². The smallest absolute Gasteiger partial charge is 0.173 e. The highest BCUT2D eigenvalue weighted by molar-refractivity contribution is 8.04. The normalized spacial score (nSPS) is 35.6. The first-order valence-corrected chi connectivity index (χ1v) is 8.36. The van der Waals surface area contributed by atoms with Gasteiger partial charge in [0.2, 0.25) is 11.8 Å². The molecule has 1 aliphatic rings. The Morgan fingerprint density at radius 1 is 1.69 bits per heavy atom. The van der Waals surface area contributed by atoms with Gasteiger partial charge in [-0.1, -0.05) is 18.7 Å². The van der Waals surface area contributed by atoms with Gasteiger partial charge in [-0.2, -0.15) is 17.2 Å². The Bertz CT molecular complexity index is 316. The van der Waals surface area contributed by atoms with Gasteiger partial charge in [-0.3, -0.25) is 0 Å². The van der Waals surface area contributed by atoms with Crippen molar-refractivity contribution < 1.29 is 4.52 Å². The number of allylic oxidation sites excluding steroid dienone is 1. The van der Waals surface area contributed by atoms with Gasteiger partial charge in [0.1, 0.15) is 5.60 Å². The summed E-state index contributed by atoms with van der Waals surface area (Å²) in [7, 11) is 0. The van der Waals surface area contributed by atoms with Crippen LogP contribution in [0, 0.1) is 5.92 Å². The summed E-state index contributed by atoms with van der Waals surface area (Å²) in [6.07, 6.45) is 3.16. The quantitative estimate of drug-likeness (QED) is 0.461. The molecule has 4 atom stereocenters. The highest BCUT2D eigenvalue weighted by Gasteiger charge is 2.43. The van der Waals surface area contributed by atoms with Crippen molar-refractivity contribution in [2.24, 2.45) is 5.92 Å². The Hall–Kier alpha value is 0.310.